The third kappa shape index (κ3) is 0.845. The second-order valence-electron chi connectivity index (χ2n) is 2.54. The van der Waals surface area contributed by atoms with Crippen LogP contribution in [0.25, 0.3) is 11.0 Å². The molecule has 2 rings (SSSR count). The molecule has 0 N–H and O–H groups in total. The lowest BCUT2D eigenvalue weighted by molar-refractivity contribution is 0.400. The van der Waals surface area contributed by atoms with Gasteiger partial charge in [-0.25, -0.2) is 4.98 Å². The number of aromatic nitrogens is 3. The zero-order valence-electron chi connectivity index (χ0n) is 6.98. The molecule has 0 bridgehead atoms. The van der Waals surface area contributed by atoms with E-state index < -0.39 is 0 Å². The van der Waals surface area contributed by atoms with Gasteiger partial charge in [0.1, 0.15) is 11.8 Å². The first-order valence-electron chi connectivity index (χ1n) is 3.63. The summed E-state index contributed by atoms with van der Waals surface area (Å²) < 4.78 is 7.03. The molecule has 2 aromatic rings. The lowest BCUT2D eigenvalue weighted by atomic mass is 10.4. The van der Waals surface area contributed by atoms with Crippen molar-refractivity contribution in [2.24, 2.45) is 7.05 Å². The molecule has 0 aliphatic rings. The normalized spacial score (nSPS) is 10.5. The van der Waals surface area contributed by atoms with Gasteiger partial charge in [0.05, 0.1) is 12.6 Å². The summed E-state index contributed by atoms with van der Waals surface area (Å²) in [5, 5.41) is 0. The SMILES string of the molecule is COc1ncnc2ccn(C)c12. The highest BCUT2D eigenvalue weighted by Crippen LogP contribution is 2.20. The first-order chi connectivity index (χ1) is 5.83. The molecule has 0 radical (unpaired) electrons. The summed E-state index contributed by atoms with van der Waals surface area (Å²) in [7, 11) is 3.54. The van der Waals surface area contributed by atoms with E-state index in [1.807, 2.05) is 23.9 Å². The number of fused-ring (bicyclic) bond motifs is 1. The summed E-state index contributed by atoms with van der Waals surface area (Å²) in [6, 6.07) is 1.93. The Bertz CT molecular complexity index is 408. The fraction of sp³-hybridized carbons (Fsp3) is 0.250. The predicted molar refractivity (Wildman–Crippen MR) is 45.1 cm³/mol. The number of ether oxygens (including phenoxy) is 1. The number of hydrogen-bond acceptors (Lipinski definition) is 3. The average molecular weight is 163 g/mol. The van der Waals surface area contributed by atoms with Crippen molar-refractivity contribution in [2.75, 3.05) is 7.11 Å². The van der Waals surface area contributed by atoms with Crippen molar-refractivity contribution in [2.45, 2.75) is 0 Å². The molecule has 0 saturated carbocycles. The Hall–Kier alpha value is -1.58. The topological polar surface area (TPSA) is 39.9 Å². The first kappa shape index (κ1) is 7.09. The Balaban J connectivity index is 2.84. The van der Waals surface area contributed by atoms with Crippen molar-refractivity contribution in [1.29, 1.82) is 0 Å². The molecule has 0 amide bonds. The standard InChI is InChI=1S/C8H9N3O/c1-11-4-3-6-7(11)8(12-2)10-5-9-6/h3-5H,1-2H3. The van der Waals surface area contributed by atoms with Crippen molar-refractivity contribution < 1.29 is 4.74 Å². The van der Waals surface area contributed by atoms with Crippen LogP contribution in [0, 0.1) is 0 Å². The van der Waals surface area contributed by atoms with Gasteiger partial charge in [-0.15, -0.1) is 0 Å². The molecule has 4 nitrogen and oxygen atoms in total. The lowest BCUT2D eigenvalue weighted by Gasteiger charge is -2.01. The Labute approximate surface area is 69.8 Å². The van der Waals surface area contributed by atoms with Crippen LogP contribution in [-0.2, 0) is 7.05 Å². The predicted octanol–water partition coefficient (Wildman–Crippen LogP) is 0.977. The maximum atomic E-state index is 5.09. The van der Waals surface area contributed by atoms with Gasteiger partial charge in [-0.3, -0.25) is 0 Å². The summed E-state index contributed by atoms with van der Waals surface area (Å²) in [4.78, 5) is 8.10. The van der Waals surface area contributed by atoms with Crippen LogP contribution < -0.4 is 4.74 Å². The van der Waals surface area contributed by atoms with Gasteiger partial charge in [-0.1, -0.05) is 0 Å². The van der Waals surface area contributed by atoms with Crippen molar-refractivity contribution in [1.82, 2.24) is 14.5 Å². The van der Waals surface area contributed by atoms with E-state index in [0.29, 0.717) is 5.88 Å². The Morgan fingerprint density at radius 1 is 1.42 bits per heavy atom. The van der Waals surface area contributed by atoms with Crippen LogP contribution in [-0.4, -0.2) is 21.6 Å². The number of hydrogen-bond donors (Lipinski definition) is 0. The van der Waals surface area contributed by atoms with E-state index in [9.17, 15) is 0 Å². The molecule has 0 aliphatic heterocycles. The molecule has 0 atom stereocenters. The van der Waals surface area contributed by atoms with E-state index in [1.165, 1.54) is 6.33 Å². The fourth-order valence-electron chi connectivity index (χ4n) is 1.24. The zero-order valence-corrected chi connectivity index (χ0v) is 6.98. The summed E-state index contributed by atoms with van der Waals surface area (Å²) >= 11 is 0. The molecule has 0 fully saturated rings. The number of rotatable bonds is 1. The molecule has 12 heavy (non-hydrogen) atoms. The second-order valence-corrected chi connectivity index (χ2v) is 2.54. The zero-order chi connectivity index (χ0) is 8.55. The van der Waals surface area contributed by atoms with Crippen molar-refractivity contribution >= 4 is 11.0 Å². The summed E-state index contributed by atoms with van der Waals surface area (Å²) in [6.45, 7) is 0. The van der Waals surface area contributed by atoms with Gasteiger partial charge in [-0.2, -0.15) is 4.98 Å². The average Bonchev–Trinajstić information content (AvgIpc) is 2.48. The molecule has 0 unspecified atom stereocenters. The van der Waals surface area contributed by atoms with Gasteiger partial charge in [-0.05, 0) is 6.07 Å². The van der Waals surface area contributed by atoms with E-state index in [0.717, 1.165) is 11.0 Å². The van der Waals surface area contributed by atoms with E-state index in [4.69, 9.17) is 4.74 Å². The molecular weight excluding hydrogens is 154 g/mol. The molecule has 2 heterocycles. The van der Waals surface area contributed by atoms with Gasteiger partial charge in [0.2, 0.25) is 5.88 Å². The summed E-state index contributed by atoms with van der Waals surface area (Å²) in [5.41, 5.74) is 1.84. The van der Waals surface area contributed by atoms with Gasteiger partial charge < -0.3 is 9.30 Å². The monoisotopic (exact) mass is 163 g/mol. The number of nitrogens with zero attached hydrogens (tertiary/aromatic N) is 3. The first-order valence-corrected chi connectivity index (χ1v) is 3.63. The fourth-order valence-corrected chi connectivity index (χ4v) is 1.24. The van der Waals surface area contributed by atoms with Crippen LogP contribution in [0.5, 0.6) is 5.88 Å². The van der Waals surface area contributed by atoms with Crippen LogP contribution in [0.1, 0.15) is 0 Å². The van der Waals surface area contributed by atoms with Crippen LogP contribution >= 0.6 is 0 Å². The summed E-state index contributed by atoms with van der Waals surface area (Å²) in [5.74, 6) is 0.618. The molecule has 2 aromatic heterocycles. The number of methoxy groups -OCH3 is 1. The Morgan fingerprint density at radius 2 is 2.25 bits per heavy atom. The van der Waals surface area contributed by atoms with E-state index >= 15 is 0 Å². The highest BCUT2D eigenvalue weighted by molar-refractivity contribution is 5.80. The highest BCUT2D eigenvalue weighted by atomic mass is 16.5. The Morgan fingerprint density at radius 3 is 3.00 bits per heavy atom. The van der Waals surface area contributed by atoms with Crippen molar-refractivity contribution in [3.63, 3.8) is 0 Å². The quantitative estimate of drug-likeness (QED) is 0.629. The van der Waals surface area contributed by atoms with Gasteiger partial charge >= 0.3 is 0 Å². The number of aryl methyl sites for hydroxylation is 1. The maximum Gasteiger partial charge on any atom is 0.241 e. The van der Waals surface area contributed by atoms with Crippen LogP contribution in [0.15, 0.2) is 18.6 Å². The van der Waals surface area contributed by atoms with E-state index in [1.54, 1.807) is 7.11 Å². The Kier molecular flexibility index (Phi) is 1.46. The van der Waals surface area contributed by atoms with Gasteiger partial charge in [0.15, 0.2) is 0 Å². The molecule has 0 aliphatic carbocycles. The largest absolute Gasteiger partial charge is 0.479 e. The smallest absolute Gasteiger partial charge is 0.241 e. The van der Waals surface area contributed by atoms with Crippen LogP contribution in [0.2, 0.25) is 0 Å². The molecular formula is C8H9N3O. The highest BCUT2D eigenvalue weighted by Gasteiger charge is 2.05. The van der Waals surface area contributed by atoms with Crippen LogP contribution in [0.4, 0.5) is 0 Å². The van der Waals surface area contributed by atoms with Gasteiger partial charge in [0.25, 0.3) is 0 Å². The second kappa shape index (κ2) is 2.48. The van der Waals surface area contributed by atoms with Gasteiger partial charge in [0, 0.05) is 13.2 Å². The van der Waals surface area contributed by atoms with E-state index in [2.05, 4.69) is 9.97 Å². The molecule has 0 aromatic carbocycles. The maximum absolute atomic E-state index is 5.09. The molecule has 4 heteroatoms. The van der Waals surface area contributed by atoms with Crippen molar-refractivity contribution in [3.05, 3.63) is 18.6 Å². The lowest BCUT2D eigenvalue weighted by Crippen LogP contribution is -1.93. The third-order valence-electron chi connectivity index (χ3n) is 1.82. The molecule has 0 saturated heterocycles. The molecule has 0 spiro atoms. The summed E-state index contributed by atoms with van der Waals surface area (Å²) in [6.07, 6.45) is 3.43. The minimum absolute atomic E-state index is 0.618. The minimum Gasteiger partial charge on any atom is -0.479 e. The third-order valence-corrected chi connectivity index (χ3v) is 1.82. The van der Waals surface area contributed by atoms with Crippen molar-refractivity contribution in [3.8, 4) is 5.88 Å². The van der Waals surface area contributed by atoms with E-state index in [-0.39, 0.29) is 0 Å². The van der Waals surface area contributed by atoms with Crippen LogP contribution in [0.3, 0.4) is 0 Å². The molecule has 62 valence electrons. The minimum atomic E-state index is 0.618.